The van der Waals surface area contributed by atoms with Crippen LogP contribution >= 0.6 is 0 Å². The number of carbonyl (C=O) groups is 1. The average molecular weight is 353 g/mol. The van der Waals surface area contributed by atoms with Crippen LogP contribution in [0.15, 0.2) is 30.5 Å². The predicted octanol–water partition coefficient (Wildman–Crippen LogP) is 2.67. The van der Waals surface area contributed by atoms with E-state index >= 15 is 0 Å². The van der Waals surface area contributed by atoms with Crippen molar-refractivity contribution in [1.29, 1.82) is 0 Å². The van der Waals surface area contributed by atoms with E-state index in [1.165, 1.54) is 25.7 Å². The van der Waals surface area contributed by atoms with Gasteiger partial charge < -0.3 is 4.90 Å². The van der Waals surface area contributed by atoms with Crippen molar-refractivity contribution >= 4 is 5.91 Å². The van der Waals surface area contributed by atoms with Gasteiger partial charge in [-0.15, -0.1) is 5.10 Å². The van der Waals surface area contributed by atoms with Gasteiger partial charge in [0.1, 0.15) is 0 Å². The molecule has 0 atom stereocenters. The van der Waals surface area contributed by atoms with Crippen molar-refractivity contribution in [2.24, 2.45) is 0 Å². The molecule has 1 aliphatic carbocycles. The molecule has 0 spiro atoms. The topological polar surface area (TPSA) is 54.3 Å². The highest BCUT2D eigenvalue weighted by atomic mass is 16.2. The smallest absolute Gasteiger partial charge is 0.276 e. The predicted molar refractivity (Wildman–Crippen MR) is 100 cm³/mol. The minimum atomic E-state index is -0.00262. The van der Waals surface area contributed by atoms with Gasteiger partial charge in [0.15, 0.2) is 5.69 Å². The van der Waals surface area contributed by atoms with Crippen molar-refractivity contribution in [3.8, 4) is 5.69 Å². The van der Waals surface area contributed by atoms with Gasteiger partial charge in [-0.1, -0.05) is 30.2 Å². The molecule has 6 heteroatoms. The van der Waals surface area contributed by atoms with Gasteiger partial charge in [0, 0.05) is 32.2 Å². The molecule has 1 amide bonds. The molecule has 2 heterocycles. The van der Waals surface area contributed by atoms with Gasteiger partial charge >= 0.3 is 0 Å². The summed E-state index contributed by atoms with van der Waals surface area (Å²) in [6.07, 6.45) is 8.13. The summed E-state index contributed by atoms with van der Waals surface area (Å²) >= 11 is 0. The Morgan fingerprint density at radius 1 is 1.08 bits per heavy atom. The van der Waals surface area contributed by atoms with E-state index in [2.05, 4.69) is 15.2 Å². The highest BCUT2D eigenvalue weighted by molar-refractivity contribution is 5.92. The second-order valence-electron chi connectivity index (χ2n) is 7.51. The van der Waals surface area contributed by atoms with Crippen LogP contribution in [0, 0.1) is 6.92 Å². The van der Waals surface area contributed by atoms with Crippen LogP contribution in [-0.2, 0) is 0 Å². The van der Waals surface area contributed by atoms with Crippen molar-refractivity contribution in [3.63, 3.8) is 0 Å². The van der Waals surface area contributed by atoms with E-state index in [-0.39, 0.29) is 5.91 Å². The Bertz CT molecular complexity index is 765. The fourth-order valence-corrected chi connectivity index (χ4v) is 4.20. The molecule has 2 fully saturated rings. The number of aromatic nitrogens is 3. The molecule has 1 aromatic heterocycles. The largest absolute Gasteiger partial charge is 0.336 e. The van der Waals surface area contributed by atoms with Crippen molar-refractivity contribution in [3.05, 3.63) is 41.7 Å². The van der Waals surface area contributed by atoms with Crippen molar-refractivity contribution < 1.29 is 4.79 Å². The highest BCUT2D eigenvalue weighted by Crippen LogP contribution is 2.24. The molecule has 0 radical (unpaired) electrons. The van der Waals surface area contributed by atoms with E-state index in [1.807, 2.05) is 36.1 Å². The summed E-state index contributed by atoms with van der Waals surface area (Å²) in [7, 11) is 0. The molecule has 138 valence electrons. The Kier molecular flexibility index (Phi) is 5.02. The van der Waals surface area contributed by atoms with E-state index < -0.39 is 0 Å². The Hall–Kier alpha value is -2.21. The first-order chi connectivity index (χ1) is 12.7. The summed E-state index contributed by atoms with van der Waals surface area (Å²) in [5.41, 5.74) is 2.52. The fraction of sp³-hybridized carbons (Fsp3) is 0.550. The van der Waals surface area contributed by atoms with Crippen LogP contribution in [0.4, 0.5) is 0 Å². The van der Waals surface area contributed by atoms with Crippen LogP contribution in [0.25, 0.3) is 5.69 Å². The van der Waals surface area contributed by atoms with Crippen molar-refractivity contribution in [2.45, 2.75) is 45.1 Å². The van der Waals surface area contributed by atoms with Crippen LogP contribution in [0.2, 0.25) is 0 Å². The molecule has 1 aromatic carbocycles. The summed E-state index contributed by atoms with van der Waals surface area (Å²) in [5, 5.41) is 8.29. The average Bonchev–Trinajstić information content (AvgIpc) is 3.29. The summed E-state index contributed by atoms with van der Waals surface area (Å²) in [5.74, 6) is -0.00262. The molecule has 1 saturated heterocycles. The zero-order chi connectivity index (χ0) is 17.9. The standard InChI is InChI=1S/C20H27N5O/c1-16-6-4-9-18(14-16)25-15-19(21-22-25)20(26)24-11-5-10-23(12-13-24)17-7-2-3-8-17/h4,6,9,14-15,17H,2-3,5,7-8,10-13H2,1H3. The van der Waals surface area contributed by atoms with E-state index in [1.54, 1.807) is 10.9 Å². The highest BCUT2D eigenvalue weighted by Gasteiger charge is 2.27. The molecule has 4 rings (SSSR count). The number of aryl methyl sites for hydroxylation is 1. The maximum atomic E-state index is 12.9. The van der Waals surface area contributed by atoms with Crippen LogP contribution in [0.3, 0.4) is 0 Å². The van der Waals surface area contributed by atoms with E-state index in [0.29, 0.717) is 5.69 Å². The van der Waals surface area contributed by atoms with Crippen LogP contribution in [-0.4, -0.2) is 62.9 Å². The maximum absolute atomic E-state index is 12.9. The summed E-state index contributed by atoms with van der Waals surface area (Å²) in [6, 6.07) is 8.77. The third-order valence-corrected chi connectivity index (χ3v) is 5.64. The second kappa shape index (κ2) is 7.58. The number of rotatable bonds is 3. The molecule has 0 N–H and O–H groups in total. The Morgan fingerprint density at radius 2 is 1.92 bits per heavy atom. The fourth-order valence-electron chi connectivity index (χ4n) is 4.20. The van der Waals surface area contributed by atoms with E-state index in [0.717, 1.165) is 49.9 Å². The normalized spacial score (nSPS) is 19.7. The summed E-state index contributed by atoms with van der Waals surface area (Å²) < 4.78 is 1.68. The van der Waals surface area contributed by atoms with Gasteiger partial charge in [0.05, 0.1) is 11.9 Å². The Labute approximate surface area is 154 Å². The van der Waals surface area contributed by atoms with Crippen molar-refractivity contribution in [2.75, 3.05) is 26.2 Å². The molecule has 6 nitrogen and oxygen atoms in total. The Balaban J connectivity index is 1.43. The quantitative estimate of drug-likeness (QED) is 0.851. The van der Waals surface area contributed by atoms with E-state index in [9.17, 15) is 4.79 Å². The monoisotopic (exact) mass is 353 g/mol. The third kappa shape index (κ3) is 3.65. The Morgan fingerprint density at radius 3 is 2.73 bits per heavy atom. The molecular weight excluding hydrogens is 326 g/mol. The number of amides is 1. The molecule has 2 aromatic rings. The number of carbonyl (C=O) groups excluding carboxylic acids is 1. The van der Waals surface area contributed by atoms with Gasteiger partial charge in [-0.2, -0.15) is 0 Å². The molecule has 1 aliphatic heterocycles. The van der Waals surface area contributed by atoms with E-state index in [4.69, 9.17) is 0 Å². The minimum Gasteiger partial charge on any atom is -0.336 e. The molecule has 1 saturated carbocycles. The second-order valence-corrected chi connectivity index (χ2v) is 7.51. The van der Waals surface area contributed by atoms with Gasteiger partial charge in [-0.25, -0.2) is 4.68 Å². The minimum absolute atomic E-state index is 0.00262. The van der Waals surface area contributed by atoms with Gasteiger partial charge in [-0.05, 0) is 43.9 Å². The summed E-state index contributed by atoms with van der Waals surface area (Å²) in [4.78, 5) is 17.4. The molecule has 0 unspecified atom stereocenters. The number of benzene rings is 1. The molecular formula is C20H27N5O. The lowest BCUT2D eigenvalue weighted by atomic mass is 10.2. The number of nitrogens with zero attached hydrogens (tertiary/aromatic N) is 5. The van der Waals surface area contributed by atoms with Gasteiger partial charge in [0.2, 0.25) is 0 Å². The summed E-state index contributed by atoms with van der Waals surface area (Å²) in [6.45, 7) is 5.71. The van der Waals surface area contributed by atoms with Crippen LogP contribution in [0.1, 0.15) is 48.2 Å². The van der Waals surface area contributed by atoms with Crippen LogP contribution in [0.5, 0.6) is 0 Å². The first kappa shape index (κ1) is 17.2. The lowest BCUT2D eigenvalue weighted by molar-refractivity contribution is 0.0752. The zero-order valence-corrected chi connectivity index (χ0v) is 15.5. The molecule has 0 bridgehead atoms. The first-order valence-electron chi connectivity index (χ1n) is 9.73. The number of hydrogen-bond acceptors (Lipinski definition) is 4. The lowest BCUT2D eigenvalue weighted by Gasteiger charge is -2.27. The molecule has 26 heavy (non-hydrogen) atoms. The maximum Gasteiger partial charge on any atom is 0.276 e. The SMILES string of the molecule is Cc1cccc(-n2cc(C(=O)N3CCCN(C4CCCC4)CC3)nn2)c1. The van der Waals surface area contributed by atoms with Crippen LogP contribution < -0.4 is 0 Å². The third-order valence-electron chi connectivity index (χ3n) is 5.64. The molecule has 2 aliphatic rings. The lowest BCUT2D eigenvalue weighted by Crippen LogP contribution is -2.38. The van der Waals surface area contributed by atoms with Crippen molar-refractivity contribution in [1.82, 2.24) is 24.8 Å². The van der Waals surface area contributed by atoms with Gasteiger partial charge in [-0.3, -0.25) is 9.69 Å². The first-order valence-corrected chi connectivity index (χ1v) is 9.73. The number of hydrogen-bond donors (Lipinski definition) is 0. The zero-order valence-electron chi connectivity index (χ0n) is 15.5. The van der Waals surface area contributed by atoms with Gasteiger partial charge in [0.25, 0.3) is 5.91 Å².